The second kappa shape index (κ2) is 9.94. The van der Waals surface area contributed by atoms with E-state index in [1.807, 2.05) is 19.9 Å². The molecule has 0 aliphatic carbocycles. The van der Waals surface area contributed by atoms with Gasteiger partial charge in [-0.15, -0.1) is 0 Å². The third-order valence-corrected chi connectivity index (χ3v) is 7.65. The number of benzene rings is 3. The predicted octanol–water partition coefficient (Wildman–Crippen LogP) is 5.56. The van der Waals surface area contributed by atoms with Crippen LogP contribution in [0.2, 0.25) is 5.02 Å². The molecule has 1 N–H and O–H groups in total. The van der Waals surface area contributed by atoms with Gasteiger partial charge in [-0.25, -0.2) is 8.42 Å². The summed E-state index contributed by atoms with van der Waals surface area (Å²) in [6.45, 7) is 3.29. The van der Waals surface area contributed by atoms with Crippen molar-refractivity contribution in [1.82, 2.24) is 0 Å². The lowest BCUT2D eigenvalue weighted by molar-refractivity contribution is -0.114. The zero-order valence-corrected chi connectivity index (χ0v) is 20.9. The van der Waals surface area contributed by atoms with E-state index in [4.69, 9.17) is 16.3 Å². The maximum Gasteiger partial charge on any atom is 0.264 e. The largest absolute Gasteiger partial charge is 0.495 e. The fourth-order valence-corrected chi connectivity index (χ4v) is 4.88. The Morgan fingerprint density at radius 2 is 1.75 bits per heavy atom. The Hall–Kier alpha value is -2.55. The number of carbonyl (C=O) groups is 1. The molecule has 1 amide bonds. The average Bonchev–Trinajstić information content (AvgIpc) is 2.75. The second-order valence-corrected chi connectivity index (χ2v) is 10.3. The van der Waals surface area contributed by atoms with Gasteiger partial charge in [0.15, 0.2) is 0 Å². The standard InChI is InChI=1S/C23H22BrClN2O4S/c1-15-4-8-19(9-5-15)32(29,30)27(21-13-17(25)6-11-22(21)31-3)14-23(28)26-18-7-10-20(24)16(2)12-18/h4-13H,14H2,1-3H3,(H,26,28). The van der Waals surface area contributed by atoms with E-state index in [0.717, 1.165) is 19.9 Å². The molecular formula is C23H22BrClN2O4S. The van der Waals surface area contributed by atoms with Gasteiger partial charge in [-0.1, -0.05) is 45.2 Å². The molecule has 9 heteroatoms. The van der Waals surface area contributed by atoms with Gasteiger partial charge in [0.05, 0.1) is 17.7 Å². The highest BCUT2D eigenvalue weighted by Gasteiger charge is 2.29. The fraction of sp³-hybridized carbons (Fsp3) is 0.174. The van der Waals surface area contributed by atoms with Crippen LogP contribution in [0.15, 0.2) is 70.0 Å². The SMILES string of the molecule is COc1ccc(Cl)cc1N(CC(=O)Nc1ccc(Br)c(C)c1)S(=O)(=O)c1ccc(C)cc1. The molecule has 32 heavy (non-hydrogen) atoms. The molecule has 0 saturated carbocycles. The molecule has 0 aliphatic rings. The van der Waals surface area contributed by atoms with E-state index in [0.29, 0.717) is 10.7 Å². The van der Waals surface area contributed by atoms with Crippen molar-refractivity contribution in [3.8, 4) is 5.75 Å². The number of rotatable bonds is 7. The van der Waals surface area contributed by atoms with Crippen LogP contribution in [0, 0.1) is 13.8 Å². The average molecular weight is 538 g/mol. The van der Waals surface area contributed by atoms with Crippen LogP contribution in [-0.4, -0.2) is 28.0 Å². The Morgan fingerprint density at radius 3 is 2.38 bits per heavy atom. The highest BCUT2D eigenvalue weighted by molar-refractivity contribution is 9.10. The van der Waals surface area contributed by atoms with Gasteiger partial charge in [0, 0.05) is 15.2 Å². The molecule has 0 radical (unpaired) electrons. The van der Waals surface area contributed by atoms with Gasteiger partial charge in [-0.3, -0.25) is 9.10 Å². The summed E-state index contributed by atoms with van der Waals surface area (Å²) in [7, 11) is -2.67. The molecule has 6 nitrogen and oxygen atoms in total. The van der Waals surface area contributed by atoms with Crippen molar-refractivity contribution >= 4 is 54.8 Å². The molecule has 168 valence electrons. The van der Waals surface area contributed by atoms with Crippen molar-refractivity contribution in [3.63, 3.8) is 0 Å². The van der Waals surface area contributed by atoms with Crippen LogP contribution < -0.4 is 14.4 Å². The van der Waals surface area contributed by atoms with Crippen LogP contribution in [-0.2, 0) is 14.8 Å². The molecular weight excluding hydrogens is 516 g/mol. The normalized spacial score (nSPS) is 11.2. The number of ether oxygens (including phenoxy) is 1. The number of hydrogen-bond acceptors (Lipinski definition) is 4. The number of methoxy groups -OCH3 is 1. The number of sulfonamides is 1. The predicted molar refractivity (Wildman–Crippen MR) is 131 cm³/mol. The van der Waals surface area contributed by atoms with Crippen LogP contribution in [0.4, 0.5) is 11.4 Å². The summed E-state index contributed by atoms with van der Waals surface area (Å²) in [5.74, 6) is -0.234. The molecule has 0 aliphatic heterocycles. The smallest absolute Gasteiger partial charge is 0.264 e. The summed E-state index contributed by atoms with van der Waals surface area (Å²) >= 11 is 9.57. The van der Waals surface area contributed by atoms with Gasteiger partial charge < -0.3 is 10.1 Å². The molecule has 0 spiro atoms. The number of anilines is 2. The molecule has 3 rings (SSSR count). The quantitative estimate of drug-likeness (QED) is 0.428. The molecule has 0 unspecified atom stereocenters. The Bertz CT molecular complexity index is 1250. The third-order valence-electron chi connectivity index (χ3n) is 4.75. The summed E-state index contributed by atoms with van der Waals surface area (Å²) in [4.78, 5) is 13.0. The molecule has 0 bridgehead atoms. The fourth-order valence-electron chi connectivity index (χ4n) is 3.05. The van der Waals surface area contributed by atoms with Gasteiger partial charge in [-0.05, 0) is 67.9 Å². The van der Waals surface area contributed by atoms with Crippen molar-refractivity contribution in [1.29, 1.82) is 0 Å². The number of carbonyl (C=O) groups excluding carboxylic acids is 1. The molecule has 0 aromatic heterocycles. The summed E-state index contributed by atoms with van der Waals surface area (Å²) in [5, 5.41) is 3.07. The van der Waals surface area contributed by atoms with Crippen molar-refractivity contribution in [2.45, 2.75) is 18.7 Å². The number of hydrogen-bond donors (Lipinski definition) is 1. The lowest BCUT2D eigenvalue weighted by Crippen LogP contribution is -2.38. The zero-order valence-electron chi connectivity index (χ0n) is 17.7. The van der Waals surface area contributed by atoms with Crippen LogP contribution in [0.3, 0.4) is 0 Å². The topological polar surface area (TPSA) is 75.7 Å². The molecule has 0 heterocycles. The van der Waals surface area contributed by atoms with E-state index >= 15 is 0 Å². The maximum absolute atomic E-state index is 13.6. The third kappa shape index (κ3) is 5.43. The first-order valence-corrected chi connectivity index (χ1v) is 12.2. The van der Waals surface area contributed by atoms with E-state index in [9.17, 15) is 13.2 Å². The minimum Gasteiger partial charge on any atom is -0.495 e. The second-order valence-electron chi connectivity index (χ2n) is 7.15. The van der Waals surface area contributed by atoms with Crippen LogP contribution in [0.5, 0.6) is 5.75 Å². The van der Waals surface area contributed by atoms with E-state index < -0.39 is 22.5 Å². The number of nitrogens with one attached hydrogen (secondary N) is 1. The molecule has 0 atom stereocenters. The van der Waals surface area contributed by atoms with Crippen LogP contribution in [0.25, 0.3) is 0 Å². The maximum atomic E-state index is 13.6. The molecule has 3 aromatic rings. The minimum absolute atomic E-state index is 0.0532. The Morgan fingerprint density at radius 1 is 1.06 bits per heavy atom. The lowest BCUT2D eigenvalue weighted by atomic mass is 10.2. The summed E-state index contributed by atoms with van der Waals surface area (Å²) in [6.07, 6.45) is 0. The van der Waals surface area contributed by atoms with E-state index in [-0.39, 0.29) is 16.3 Å². The van der Waals surface area contributed by atoms with Crippen molar-refractivity contribution in [2.75, 3.05) is 23.3 Å². The first kappa shape index (κ1) is 24.1. The minimum atomic E-state index is -4.10. The first-order chi connectivity index (χ1) is 15.1. The summed E-state index contributed by atoms with van der Waals surface area (Å²) in [6, 6.07) is 16.4. The van der Waals surface area contributed by atoms with Gasteiger partial charge in [0.2, 0.25) is 5.91 Å². The van der Waals surface area contributed by atoms with Gasteiger partial charge >= 0.3 is 0 Å². The van der Waals surface area contributed by atoms with Crippen LogP contribution >= 0.6 is 27.5 Å². The summed E-state index contributed by atoms with van der Waals surface area (Å²) in [5.41, 5.74) is 2.58. The highest BCUT2D eigenvalue weighted by atomic mass is 79.9. The van der Waals surface area contributed by atoms with Gasteiger partial charge in [0.25, 0.3) is 10.0 Å². The van der Waals surface area contributed by atoms with E-state index in [2.05, 4.69) is 21.2 Å². The molecule has 3 aromatic carbocycles. The number of aryl methyl sites for hydroxylation is 2. The lowest BCUT2D eigenvalue weighted by Gasteiger charge is -2.26. The first-order valence-electron chi connectivity index (χ1n) is 9.61. The highest BCUT2D eigenvalue weighted by Crippen LogP contribution is 2.35. The Balaban J connectivity index is 2.02. The zero-order chi connectivity index (χ0) is 23.5. The summed E-state index contributed by atoms with van der Waals surface area (Å²) < 4.78 is 34.4. The van der Waals surface area contributed by atoms with E-state index in [1.165, 1.54) is 25.3 Å². The van der Waals surface area contributed by atoms with Crippen molar-refractivity contribution < 1.29 is 17.9 Å². The molecule has 0 saturated heterocycles. The van der Waals surface area contributed by atoms with Crippen molar-refractivity contribution in [3.05, 3.63) is 81.3 Å². The number of amides is 1. The Labute approximate surface area is 201 Å². The van der Waals surface area contributed by atoms with Crippen LogP contribution in [0.1, 0.15) is 11.1 Å². The molecule has 0 fully saturated rings. The van der Waals surface area contributed by atoms with Gasteiger partial charge in [-0.2, -0.15) is 0 Å². The Kier molecular flexibility index (Phi) is 7.48. The number of halogens is 2. The van der Waals surface area contributed by atoms with Gasteiger partial charge in [0.1, 0.15) is 12.3 Å². The van der Waals surface area contributed by atoms with E-state index in [1.54, 1.807) is 36.4 Å². The number of nitrogens with zero attached hydrogens (tertiary/aromatic N) is 1. The van der Waals surface area contributed by atoms with Crippen molar-refractivity contribution in [2.24, 2.45) is 0 Å². The monoisotopic (exact) mass is 536 g/mol.